The van der Waals surface area contributed by atoms with Crippen LogP contribution in [0.15, 0.2) is 30.3 Å². The molecule has 2 aromatic carbocycles. The quantitative estimate of drug-likeness (QED) is 0.557. The van der Waals surface area contributed by atoms with E-state index in [9.17, 15) is 9.18 Å². The summed E-state index contributed by atoms with van der Waals surface area (Å²) in [4.78, 5) is 15.0. The van der Waals surface area contributed by atoms with Crippen molar-refractivity contribution in [3.8, 4) is 0 Å². The Hall–Kier alpha value is -2.36. The molecule has 3 nitrogen and oxygen atoms in total. The molecule has 152 valence electrons. The van der Waals surface area contributed by atoms with Crippen LogP contribution in [-0.4, -0.2) is 18.1 Å². The zero-order valence-electron chi connectivity index (χ0n) is 18.3. The molecule has 0 saturated heterocycles. The Labute approximate surface area is 168 Å². The normalized spacial score (nSPS) is 12.4. The third-order valence-electron chi connectivity index (χ3n) is 4.69. The van der Waals surface area contributed by atoms with E-state index in [1.807, 2.05) is 46.4 Å². The summed E-state index contributed by atoms with van der Waals surface area (Å²) in [6.07, 6.45) is -0.202. The zero-order valence-corrected chi connectivity index (χ0v) is 18.3. The number of benzene rings is 2. The fourth-order valence-corrected chi connectivity index (χ4v) is 3.60. The number of aryl methyl sites for hydroxylation is 4. The summed E-state index contributed by atoms with van der Waals surface area (Å²) >= 11 is 0. The standard InChI is InChI=1S/C24H32FNO2/c1-14(2)23(24(27)28-15(3)4)26(20-10-16(5)9-17(6)11-20)21-12-18(7)22(25)19(8)13-21/h9-15,23H,1-8H3. The second kappa shape index (κ2) is 8.76. The predicted molar refractivity (Wildman–Crippen MR) is 114 cm³/mol. The van der Waals surface area contributed by atoms with Gasteiger partial charge in [0.25, 0.3) is 0 Å². The van der Waals surface area contributed by atoms with E-state index in [1.54, 1.807) is 26.0 Å². The third kappa shape index (κ3) is 4.92. The fraction of sp³-hybridized carbons (Fsp3) is 0.458. The minimum absolute atomic E-state index is 0.00210. The summed E-state index contributed by atoms with van der Waals surface area (Å²) < 4.78 is 19.9. The van der Waals surface area contributed by atoms with Crippen molar-refractivity contribution in [1.82, 2.24) is 0 Å². The molecule has 0 aliphatic heterocycles. The van der Waals surface area contributed by atoms with Crippen LogP contribution in [0.4, 0.5) is 15.8 Å². The Morgan fingerprint density at radius 3 is 1.75 bits per heavy atom. The topological polar surface area (TPSA) is 29.5 Å². The smallest absolute Gasteiger partial charge is 0.329 e. The number of hydrogen-bond acceptors (Lipinski definition) is 3. The highest BCUT2D eigenvalue weighted by Crippen LogP contribution is 2.34. The Bertz CT molecular complexity index is 814. The maximum Gasteiger partial charge on any atom is 0.329 e. The van der Waals surface area contributed by atoms with Crippen LogP contribution in [-0.2, 0) is 9.53 Å². The first-order chi connectivity index (χ1) is 13.0. The van der Waals surface area contributed by atoms with Gasteiger partial charge in [-0.25, -0.2) is 9.18 Å². The van der Waals surface area contributed by atoms with Gasteiger partial charge in [-0.2, -0.15) is 0 Å². The average Bonchev–Trinajstić information content (AvgIpc) is 2.54. The van der Waals surface area contributed by atoms with Crippen LogP contribution < -0.4 is 4.90 Å². The van der Waals surface area contributed by atoms with Gasteiger partial charge in [0.1, 0.15) is 11.9 Å². The minimum atomic E-state index is -0.520. The number of rotatable bonds is 6. The molecule has 0 saturated carbocycles. The fourth-order valence-electron chi connectivity index (χ4n) is 3.60. The molecule has 0 aliphatic rings. The maximum atomic E-state index is 14.3. The highest BCUT2D eigenvalue weighted by atomic mass is 19.1. The summed E-state index contributed by atoms with van der Waals surface area (Å²) in [6.45, 7) is 15.3. The second-order valence-electron chi connectivity index (χ2n) is 8.28. The largest absolute Gasteiger partial charge is 0.461 e. The van der Waals surface area contributed by atoms with Crippen LogP contribution >= 0.6 is 0 Å². The molecule has 1 unspecified atom stereocenters. The van der Waals surface area contributed by atoms with Gasteiger partial charge < -0.3 is 9.64 Å². The van der Waals surface area contributed by atoms with Gasteiger partial charge in [-0.1, -0.05) is 19.9 Å². The molecule has 0 fully saturated rings. The van der Waals surface area contributed by atoms with Crippen LogP contribution in [0, 0.1) is 39.4 Å². The first kappa shape index (κ1) is 21.9. The van der Waals surface area contributed by atoms with Gasteiger partial charge in [0.2, 0.25) is 0 Å². The Morgan fingerprint density at radius 1 is 0.857 bits per heavy atom. The Balaban J connectivity index is 2.72. The SMILES string of the molecule is Cc1cc(C)cc(N(c2cc(C)c(F)c(C)c2)C(C(=O)OC(C)C)C(C)C)c1. The van der Waals surface area contributed by atoms with Crippen molar-refractivity contribution in [2.24, 2.45) is 5.92 Å². The molecule has 0 bridgehead atoms. The second-order valence-corrected chi connectivity index (χ2v) is 8.28. The van der Waals surface area contributed by atoms with Crippen molar-refractivity contribution < 1.29 is 13.9 Å². The zero-order chi connectivity index (χ0) is 21.2. The molecule has 0 spiro atoms. The van der Waals surface area contributed by atoms with E-state index in [0.717, 1.165) is 22.5 Å². The van der Waals surface area contributed by atoms with E-state index in [2.05, 4.69) is 18.2 Å². The molecular weight excluding hydrogens is 353 g/mol. The lowest BCUT2D eigenvalue weighted by atomic mass is 9.98. The van der Waals surface area contributed by atoms with Crippen LogP contribution in [0.2, 0.25) is 0 Å². The number of anilines is 2. The third-order valence-corrected chi connectivity index (χ3v) is 4.69. The number of esters is 1. The number of carbonyl (C=O) groups excluding carboxylic acids is 1. The molecule has 0 aromatic heterocycles. The van der Waals surface area contributed by atoms with Crippen LogP contribution in [0.5, 0.6) is 0 Å². The van der Waals surface area contributed by atoms with E-state index in [1.165, 1.54) is 0 Å². The van der Waals surface area contributed by atoms with E-state index in [0.29, 0.717) is 11.1 Å². The van der Waals surface area contributed by atoms with Crippen molar-refractivity contribution in [1.29, 1.82) is 0 Å². The van der Waals surface area contributed by atoms with E-state index < -0.39 is 6.04 Å². The van der Waals surface area contributed by atoms with Crippen LogP contribution in [0.1, 0.15) is 49.9 Å². The van der Waals surface area contributed by atoms with Gasteiger partial charge in [0, 0.05) is 11.4 Å². The highest BCUT2D eigenvalue weighted by molar-refractivity contribution is 5.85. The highest BCUT2D eigenvalue weighted by Gasteiger charge is 2.33. The molecule has 2 rings (SSSR count). The lowest BCUT2D eigenvalue weighted by Crippen LogP contribution is -2.44. The van der Waals surface area contributed by atoms with Gasteiger partial charge >= 0.3 is 5.97 Å². The molecule has 2 aromatic rings. The van der Waals surface area contributed by atoms with Crippen molar-refractivity contribution in [3.63, 3.8) is 0 Å². The summed E-state index contributed by atoms with van der Waals surface area (Å²) in [5, 5.41) is 0. The van der Waals surface area contributed by atoms with Crippen LogP contribution in [0.25, 0.3) is 0 Å². The summed E-state index contributed by atoms with van der Waals surface area (Å²) in [5.41, 5.74) is 5.03. The molecule has 0 heterocycles. The van der Waals surface area contributed by atoms with Crippen molar-refractivity contribution in [2.45, 2.75) is 67.5 Å². The van der Waals surface area contributed by atoms with Gasteiger partial charge in [-0.05, 0) is 94.0 Å². The first-order valence-electron chi connectivity index (χ1n) is 9.86. The Kier molecular flexibility index (Phi) is 6.87. The minimum Gasteiger partial charge on any atom is -0.461 e. The number of hydrogen-bond donors (Lipinski definition) is 0. The predicted octanol–water partition coefficient (Wildman–Crippen LogP) is 6.17. The van der Waals surface area contributed by atoms with Gasteiger partial charge in [-0.3, -0.25) is 0 Å². The summed E-state index contributed by atoms with van der Waals surface area (Å²) in [7, 11) is 0. The van der Waals surface area contributed by atoms with Gasteiger partial charge in [0.15, 0.2) is 0 Å². The molecule has 0 N–H and O–H groups in total. The Morgan fingerprint density at radius 2 is 1.32 bits per heavy atom. The number of ether oxygens (including phenoxy) is 1. The van der Waals surface area contributed by atoms with Crippen LogP contribution in [0.3, 0.4) is 0 Å². The molecule has 0 amide bonds. The maximum absolute atomic E-state index is 14.3. The number of nitrogens with zero attached hydrogens (tertiary/aromatic N) is 1. The van der Waals surface area contributed by atoms with E-state index in [4.69, 9.17) is 4.74 Å². The van der Waals surface area contributed by atoms with Crippen molar-refractivity contribution >= 4 is 17.3 Å². The van der Waals surface area contributed by atoms with Gasteiger partial charge in [-0.15, -0.1) is 0 Å². The van der Waals surface area contributed by atoms with E-state index in [-0.39, 0.29) is 23.8 Å². The molecule has 0 radical (unpaired) electrons. The molecule has 4 heteroatoms. The molecule has 0 aliphatic carbocycles. The van der Waals surface area contributed by atoms with Crippen molar-refractivity contribution in [3.05, 3.63) is 58.4 Å². The lowest BCUT2D eigenvalue weighted by molar-refractivity contribution is -0.149. The summed E-state index contributed by atoms with van der Waals surface area (Å²) in [6, 6.07) is 9.29. The van der Waals surface area contributed by atoms with Crippen molar-refractivity contribution in [2.75, 3.05) is 4.90 Å². The lowest BCUT2D eigenvalue weighted by Gasteiger charge is -2.36. The first-order valence-corrected chi connectivity index (χ1v) is 9.86. The number of halogens is 1. The molecular formula is C24H32FNO2. The molecule has 28 heavy (non-hydrogen) atoms. The summed E-state index contributed by atoms with van der Waals surface area (Å²) in [5.74, 6) is -0.489. The molecule has 1 atom stereocenters. The monoisotopic (exact) mass is 385 g/mol. The average molecular weight is 386 g/mol. The van der Waals surface area contributed by atoms with E-state index >= 15 is 0 Å². The van der Waals surface area contributed by atoms with Gasteiger partial charge in [0.05, 0.1) is 6.10 Å². The number of carbonyl (C=O) groups is 1.